The van der Waals surface area contributed by atoms with Gasteiger partial charge in [-0.25, -0.2) is 0 Å². The summed E-state index contributed by atoms with van der Waals surface area (Å²) in [5.41, 5.74) is 0. The quantitative estimate of drug-likeness (QED) is 0.626. The van der Waals surface area contributed by atoms with Gasteiger partial charge in [0.15, 0.2) is 0 Å². The van der Waals surface area contributed by atoms with Gasteiger partial charge < -0.3 is 4.74 Å². The van der Waals surface area contributed by atoms with Crippen LogP contribution in [0.15, 0.2) is 11.8 Å². The van der Waals surface area contributed by atoms with Gasteiger partial charge in [-0.05, 0) is 31.8 Å². The first kappa shape index (κ1) is 10.3. The van der Waals surface area contributed by atoms with Crippen LogP contribution in [0.4, 0.5) is 0 Å². The van der Waals surface area contributed by atoms with Crippen molar-refractivity contribution in [1.82, 2.24) is 0 Å². The van der Waals surface area contributed by atoms with Crippen LogP contribution in [0.5, 0.6) is 0 Å². The Balaban J connectivity index is 2.33. The van der Waals surface area contributed by atoms with Gasteiger partial charge in [0.05, 0.1) is 0 Å². The molecule has 0 N–H and O–H groups in total. The van der Waals surface area contributed by atoms with E-state index in [-0.39, 0.29) is 5.97 Å². The number of allylic oxidation sites excluding steroid dienone is 2. The maximum atomic E-state index is 11.2. The maximum absolute atomic E-state index is 11.2. The van der Waals surface area contributed by atoms with Crippen LogP contribution >= 0.6 is 0 Å². The largest absolute Gasteiger partial charge is 0.431 e. The first-order chi connectivity index (χ1) is 6.33. The lowest BCUT2D eigenvalue weighted by atomic mass is 10.2. The van der Waals surface area contributed by atoms with Gasteiger partial charge in [0.2, 0.25) is 0 Å². The molecule has 0 unspecified atom stereocenters. The number of carbonyl (C=O) groups is 1. The van der Waals surface area contributed by atoms with Crippen molar-refractivity contribution < 1.29 is 9.53 Å². The van der Waals surface area contributed by atoms with E-state index in [1.165, 1.54) is 12.8 Å². The van der Waals surface area contributed by atoms with E-state index in [0.29, 0.717) is 6.42 Å². The van der Waals surface area contributed by atoms with E-state index >= 15 is 0 Å². The van der Waals surface area contributed by atoms with Crippen LogP contribution in [0.2, 0.25) is 0 Å². The maximum Gasteiger partial charge on any atom is 0.310 e. The highest BCUT2D eigenvalue weighted by Crippen LogP contribution is 2.18. The number of esters is 1. The van der Waals surface area contributed by atoms with Crippen molar-refractivity contribution in [2.24, 2.45) is 0 Å². The van der Waals surface area contributed by atoms with Crippen LogP contribution in [0, 0.1) is 0 Å². The predicted molar refractivity (Wildman–Crippen MR) is 52.2 cm³/mol. The monoisotopic (exact) mass is 182 g/mol. The highest BCUT2D eigenvalue weighted by molar-refractivity contribution is 5.70. The summed E-state index contributed by atoms with van der Waals surface area (Å²) in [6, 6.07) is 0. The van der Waals surface area contributed by atoms with Crippen LogP contribution in [0.25, 0.3) is 0 Å². The lowest BCUT2D eigenvalue weighted by Gasteiger charge is -2.05. The van der Waals surface area contributed by atoms with Crippen LogP contribution in [-0.2, 0) is 9.53 Å². The molecule has 1 aliphatic rings. The normalized spacial score (nSPS) is 17.5. The molecule has 2 heteroatoms. The fraction of sp³-hybridized carbons (Fsp3) is 0.727. The van der Waals surface area contributed by atoms with Crippen molar-refractivity contribution in [3.8, 4) is 0 Å². The summed E-state index contributed by atoms with van der Waals surface area (Å²) in [7, 11) is 0. The number of hydrogen-bond acceptors (Lipinski definition) is 2. The van der Waals surface area contributed by atoms with Crippen molar-refractivity contribution in [2.45, 2.75) is 51.9 Å². The van der Waals surface area contributed by atoms with E-state index in [2.05, 4.69) is 6.08 Å². The molecule has 0 atom stereocenters. The van der Waals surface area contributed by atoms with E-state index in [0.717, 1.165) is 31.4 Å². The summed E-state index contributed by atoms with van der Waals surface area (Å²) in [6.45, 7) is 1.99. The smallest absolute Gasteiger partial charge is 0.310 e. The lowest BCUT2D eigenvalue weighted by molar-refractivity contribution is -0.139. The van der Waals surface area contributed by atoms with Gasteiger partial charge in [0.25, 0.3) is 0 Å². The van der Waals surface area contributed by atoms with Crippen LogP contribution in [-0.4, -0.2) is 5.97 Å². The second-order valence-corrected chi connectivity index (χ2v) is 3.49. The molecule has 0 aromatic heterocycles. The number of ether oxygens (including phenoxy) is 1. The van der Waals surface area contributed by atoms with Crippen LogP contribution in [0.1, 0.15) is 51.9 Å². The fourth-order valence-electron chi connectivity index (χ4n) is 1.48. The Hall–Kier alpha value is -0.790. The molecule has 0 bridgehead atoms. The Labute approximate surface area is 80.0 Å². The van der Waals surface area contributed by atoms with E-state index < -0.39 is 0 Å². The zero-order chi connectivity index (χ0) is 9.52. The fourth-order valence-corrected chi connectivity index (χ4v) is 1.48. The zero-order valence-electron chi connectivity index (χ0n) is 8.34. The number of rotatable bonds is 3. The standard InChI is InChI=1S/C11H18O2/c1-2-7-11(12)13-10-8-5-3-4-6-9-10/h8H,2-7,9H2,1H3. The number of carbonyl (C=O) groups excluding carboxylic acids is 1. The molecule has 2 nitrogen and oxygen atoms in total. The summed E-state index contributed by atoms with van der Waals surface area (Å²) in [5, 5.41) is 0. The molecule has 0 aromatic carbocycles. The second-order valence-electron chi connectivity index (χ2n) is 3.49. The summed E-state index contributed by atoms with van der Waals surface area (Å²) in [6.07, 6.45) is 9.12. The molecule has 0 fully saturated rings. The van der Waals surface area contributed by atoms with E-state index in [1.807, 2.05) is 6.92 Å². The lowest BCUT2D eigenvalue weighted by Crippen LogP contribution is -2.03. The Kier molecular flexibility index (Phi) is 4.58. The Morgan fingerprint density at radius 2 is 2.31 bits per heavy atom. The summed E-state index contributed by atoms with van der Waals surface area (Å²) in [4.78, 5) is 11.2. The molecule has 0 radical (unpaired) electrons. The topological polar surface area (TPSA) is 26.3 Å². The molecule has 0 amide bonds. The van der Waals surface area contributed by atoms with Crippen molar-refractivity contribution in [3.05, 3.63) is 11.8 Å². The minimum atomic E-state index is -0.0735. The first-order valence-corrected chi connectivity index (χ1v) is 5.22. The Morgan fingerprint density at radius 3 is 3.08 bits per heavy atom. The third-order valence-electron chi connectivity index (χ3n) is 2.20. The van der Waals surface area contributed by atoms with Crippen molar-refractivity contribution in [2.75, 3.05) is 0 Å². The highest BCUT2D eigenvalue weighted by Gasteiger charge is 2.07. The van der Waals surface area contributed by atoms with Gasteiger partial charge in [-0.1, -0.05) is 13.3 Å². The summed E-state index contributed by atoms with van der Waals surface area (Å²) in [5.74, 6) is 0.826. The molecule has 0 saturated carbocycles. The molecule has 0 saturated heterocycles. The summed E-state index contributed by atoms with van der Waals surface area (Å²) >= 11 is 0. The summed E-state index contributed by atoms with van der Waals surface area (Å²) < 4.78 is 5.23. The van der Waals surface area contributed by atoms with Gasteiger partial charge in [-0.3, -0.25) is 4.79 Å². The third kappa shape index (κ3) is 4.11. The van der Waals surface area contributed by atoms with E-state index in [1.54, 1.807) is 0 Å². The minimum Gasteiger partial charge on any atom is -0.431 e. The average molecular weight is 182 g/mol. The molecule has 0 aliphatic heterocycles. The zero-order valence-corrected chi connectivity index (χ0v) is 8.34. The average Bonchev–Trinajstić information content (AvgIpc) is 2.33. The molecular formula is C11H18O2. The molecule has 0 aromatic rings. The van der Waals surface area contributed by atoms with Crippen molar-refractivity contribution in [3.63, 3.8) is 0 Å². The first-order valence-electron chi connectivity index (χ1n) is 5.22. The minimum absolute atomic E-state index is 0.0735. The molecular weight excluding hydrogens is 164 g/mol. The van der Waals surface area contributed by atoms with Gasteiger partial charge in [0.1, 0.15) is 5.76 Å². The SMILES string of the molecule is CCCC(=O)OC1=CCCCCC1. The third-order valence-corrected chi connectivity index (χ3v) is 2.20. The number of hydrogen-bond donors (Lipinski definition) is 0. The van der Waals surface area contributed by atoms with Gasteiger partial charge >= 0.3 is 5.97 Å². The van der Waals surface area contributed by atoms with Crippen molar-refractivity contribution in [1.29, 1.82) is 0 Å². The van der Waals surface area contributed by atoms with Gasteiger partial charge in [-0.15, -0.1) is 0 Å². The van der Waals surface area contributed by atoms with E-state index in [4.69, 9.17) is 4.74 Å². The predicted octanol–water partition coefficient (Wildman–Crippen LogP) is 3.18. The molecule has 13 heavy (non-hydrogen) atoms. The van der Waals surface area contributed by atoms with Gasteiger partial charge in [-0.2, -0.15) is 0 Å². The van der Waals surface area contributed by atoms with Crippen molar-refractivity contribution >= 4 is 5.97 Å². The second kappa shape index (κ2) is 5.79. The Morgan fingerprint density at radius 1 is 1.46 bits per heavy atom. The molecule has 1 aliphatic carbocycles. The molecule has 0 heterocycles. The Bertz CT molecular complexity index is 194. The molecule has 0 spiro atoms. The molecule has 1 rings (SSSR count). The van der Waals surface area contributed by atoms with Crippen LogP contribution in [0.3, 0.4) is 0 Å². The van der Waals surface area contributed by atoms with Gasteiger partial charge in [0, 0.05) is 12.8 Å². The highest BCUT2D eigenvalue weighted by atomic mass is 16.5. The van der Waals surface area contributed by atoms with E-state index in [9.17, 15) is 4.79 Å². The van der Waals surface area contributed by atoms with Crippen LogP contribution < -0.4 is 0 Å². The molecule has 74 valence electrons.